The van der Waals surface area contributed by atoms with Crippen LogP contribution in [0.15, 0.2) is 24.3 Å². The summed E-state index contributed by atoms with van der Waals surface area (Å²) < 4.78 is 0. The van der Waals surface area contributed by atoms with E-state index < -0.39 is 0 Å². The zero-order chi connectivity index (χ0) is 12.1. The predicted octanol–water partition coefficient (Wildman–Crippen LogP) is 2.29. The lowest BCUT2D eigenvalue weighted by molar-refractivity contribution is 0.219. The summed E-state index contributed by atoms with van der Waals surface area (Å²) in [4.78, 5) is 2.44. The number of nitrogens with zero attached hydrogens (tertiary/aromatic N) is 1. The first-order valence-corrected chi connectivity index (χ1v) is 6.69. The van der Waals surface area contributed by atoms with Crippen LogP contribution in [0.1, 0.15) is 24.0 Å². The summed E-state index contributed by atoms with van der Waals surface area (Å²) in [6.07, 6.45) is 3.97. The van der Waals surface area contributed by atoms with Crippen LogP contribution in [0, 0.1) is 5.92 Å². The van der Waals surface area contributed by atoms with Crippen molar-refractivity contribution < 1.29 is 0 Å². The molecule has 0 atom stereocenters. The second kappa shape index (κ2) is 6.18. The lowest BCUT2D eigenvalue weighted by Crippen LogP contribution is -2.30. The van der Waals surface area contributed by atoms with E-state index in [-0.39, 0.29) is 0 Å². The van der Waals surface area contributed by atoms with Gasteiger partial charge in [-0.3, -0.25) is 0 Å². The van der Waals surface area contributed by atoms with Gasteiger partial charge in [0, 0.05) is 6.54 Å². The maximum absolute atomic E-state index is 3.18. The van der Waals surface area contributed by atoms with Crippen LogP contribution in [-0.2, 0) is 13.0 Å². The molecule has 1 aromatic carbocycles. The van der Waals surface area contributed by atoms with Crippen LogP contribution >= 0.6 is 0 Å². The smallest absolute Gasteiger partial charge is 0.0202 e. The fourth-order valence-electron chi connectivity index (χ4n) is 2.60. The second-order valence-corrected chi connectivity index (χ2v) is 5.30. The highest BCUT2D eigenvalue weighted by molar-refractivity contribution is 5.22. The molecular formula is C15H24N2. The van der Waals surface area contributed by atoms with E-state index in [4.69, 9.17) is 0 Å². The maximum atomic E-state index is 3.18. The summed E-state index contributed by atoms with van der Waals surface area (Å²) in [5.74, 6) is 0.890. The van der Waals surface area contributed by atoms with Crippen molar-refractivity contribution in [3.05, 3.63) is 35.4 Å². The highest BCUT2D eigenvalue weighted by Crippen LogP contribution is 2.21. The first-order chi connectivity index (χ1) is 8.28. The van der Waals surface area contributed by atoms with Gasteiger partial charge in [0.1, 0.15) is 0 Å². The SMILES string of the molecule is CNCc1ccc(CC2CCN(C)CC2)cc1. The van der Waals surface area contributed by atoms with Crippen LogP contribution < -0.4 is 5.32 Å². The van der Waals surface area contributed by atoms with Crippen molar-refractivity contribution >= 4 is 0 Å². The average Bonchev–Trinajstić information content (AvgIpc) is 2.35. The molecule has 0 aromatic heterocycles. The fourth-order valence-corrected chi connectivity index (χ4v) is 2.60. The third-order valence-electron chi connectivity index (χ3n) is 3.77. The third-order valence-corrected chi connectivity index (χ3v) is 3.77. The van der Waals surface area contributed by atoms with Crippen LogP contribution in [0.5, 0.6) is 0 Å². The Kier molecular flexibility index (Phi) is 4.57. The van der Waals surface area contributed by atoms with Gasteiger partial charge in [-0.15, -0.1) is 0 Å². The highest BCUT2D eigenvalue weighted by atomic mass is 15.1. The van der Waals surface area contributed by atoms with Crippen molar-refractivity contribution in [2.45, 2.75) is 25.8 Å². The largest absolute Gasteiger partial charge is 0.316 e. The van der Waals surface area contributed by atoms with Gasteiger partial charge in [0.15, 0.2) is 0 Å². The number of hydrogen-bond donors (Lipinski definition) is 1. The molecule has 0 amide bonds. The van der Waals surface area contributed by atoms with Gasteiger partial charge < -0.3 is 10.2 Å². The molecule has 17 heavy (non-hydrogen) atoms. The van der Waals surface area contributed by atoms with Gasteiger partial charge in [-0.05, 0) is 63.5 Å². The van der Waals surface area contributed by atoms with E-state index in [1.165, 1.54) is 43.5 Å². The van der Waals surface area contributed by atoms with Crippen LogP contribution in [0.25, 0.3) is 0 Å². The van der Waals surface area contributed by atoms with Crippen molar-refractivity contribution in [2.24, 2.45) is 5.92 Å². The summed E-state index contributed by atoms with van der Waals surface area (Å²) in [6, 6.07) is 9.09. The Morgan fingerprint density at radius 3 is 2.29 bits per heavy atom. The van der Waals surface area contributed by atoms with E-state index in [0.29, 0.717) is 0 Å². The van der Waals surface area contributed by atoms with Gasteiger partial charge in [0.05, 0.1) is 0 Å². The normalized spacial score (nSPS) is 18.5. The van der Waals surface area contributed by atoms with Gasteiger partial charge >= 0.3 is 0 Å². The van der Waals surface area contributed by atoms with Gasteiger partial charge in [0.2, 0.25) is 0 Å². The van der Waals surface area contributed by atoms with Crippen LogP contribution in [0.2, 0.25) is 0 Å². The Morgan fingerprint density at radius 2 is 1.71 bits per heavy atom. The van der Waals surface area contributed by atoms with Crippen molar-refractivity contribution in [2.75, 3.05) is 27.2 Å². The third kappa shape index (κ3) is 3.83. The first kappa shape index (κ1) is 12.6. The summed E-state index contributed by atoms with van der Waals surface area (Å²) in [5.41, 5.74) is 2.87. The van der Waals surface area contributed by atoms with Crippen molar-refractivity contribution in [1.29, 1.82) is 0 Å². The Labute approximate surface area is 105 Å². The Balaban J connectivity index is 1.86. The fraction of sp³-hybridized carbons (Fsp3) is 0.600. The Morgan fingerprint density at radius 1 is 1.12 bits per heavy atom. The molecule has 0 radical (unpaired) electrons. The maximum Gasteiger partial charge on any atom is 0.0202 e. The Hall–Kier alpha value is -0.860. The molecule has 1 aromatic rings. The molecule has 1 fully saturated rings. The predicted molar refractivity (Wildman–Crippen MR) is 73.1 cm³/mol. The van der Waals surface area contributed by atoms with E-state index in [9.17, 15) is 0 Å². The number of hydrogen-bond acceptors (Lipinski definition) is 2. The van der Waals surface area contributed by atoms with Gasteiger partial charge in [0.25, 0.3) is 0 Å². The molecule has 0 unspecified atom stereocenters. The van der Waals surface area contributed by atoms with Crippen LogP contribution in [-0.4, -0.2) is 32.1 Å². The Bertz CT molecular complexity index is 323. The highest BCUT2D eigenvalue weighted by Gasteiger charge is 2.16. The first-order valence-electron chi connectivity index (χ1n) is 6.69. The molecule has 1 N–H and O–H groups in total. The molecule has 0 spiro atoms. The minimum absolute atomic E-state index is 0.890. The van der Waals surface area contributed by atoms with Gasteiger partial charge in [-0.2, -0.15) is 0 Å². The molecule has 1 saturated heterocycles. The molecule has 0 saturated carbocycles. The lowest BCUT2D eigenvalue weighted by atomic mass is 9.90. The zero-order valence-electron chi connectivity index (χ0n) is 11.1. The number of piperidine rings is 1. The molecule has 2 nitrogen and oxygen atoms in total. The molecule has 0 aliphatic carbocycles. The molecule has 2 heteroatoms. The standard InChI is InChI=1S/C15H24N2/c1-16-12-15-5-3-13(4-6-15)11-14-7-9-17(2)10-8-14/h3-6,14,16H,7-12H2,1-2H3. The van der Waals surface area contributed by atoms with E-state index in [1.54, 1.807) is 0 Å². The molecule has 2 rings (SSSR count). The van der Waals surface area contributed by atoms with E-state index in [1.807, 2.05) is 7.05 Å². The summed E-state index contributed by atoms with van der Waals surface area (Å²) >= 11 is 0. The number of nitrogens with one attached hydrogen (secondary N) is 1. The van der Waals surface area contributed by atoms with E-state index >= 15 is 0 Å². The van der Waals surface area contributed by atoms with Crippen molar-refractivity contribution in [3.63, 3.8) is 0 Å². The molecular weight excluding hydrogens is 208 g/mol. The minimum Gasteiger partial charge on any atom is -0.316 e. The molecule has 0 bridgehead atoms. The monoisotopic (exact) mass is 232 g/mol. The van der Waals surface area contributed by atoms with Gasteiger partial charge in [-0.1, -0.05) is 24.3 Å². The van der Waals surface area contributed by atoms with E-state index in [2.05, 4.69) is 41.5 Å². The molecule has 1 heterocycles. The van der Waals surface area contributed by atoms with E-state index in [0.717, 1.165) is 12.5 Å². The molecule has 1 aliphatic heterocycles. The lowest BCUT2D eigenvalue weighted by Gasteiger charge is -2.28. The summed E-state index contributed by atoms with van der Waals surface area (Å²) in [7, 11) is 4.22. The zero-order valence-corrected chi connectivity index (χ0v) is 11.1. The van der Waals surface area contributed by atoms with Crippen LogP contribution in [0.3, 0.4) is 0 Å². The quantitative estimate of drug-likeness (QED) is 0.857. The van der Waals surface area contributed by atoms with Crippen LogP contribution in [0.4, 0.5) is 0 Å². The molecule has 94 valence electrons. The summed E-state index contributed by atoms with van der Waals surface area (Å²) in [6.45, 7) is 3.50. The minimum atomic E-state index is 0.890. The van der Waals surface area contributed by atoms with Gasteiger partial charge in [-0.25, -0.2) is 0 Å². The number of rotatable bonds is 4. The average molecular weight is 232 g/mol. The number of likely N-dealkylation sites (tertiary alicyclic amines) is 1. The van der Waals surface area contributed by atoms with Crippen molar-refractivity contribution in [3.8, 4) is 0 Å². The second-order valence-electron chi connectivity index (χ2n) is 5.30. The topological polar surface area (TPSA) is 15.3 Å². The van der Waals surface area contributed by atoms with Crippen molar-refractivity contribution in [1.82, 2.24) is 10.2 Å². The number of benzene rings is 1. The summed E-state index contributed by atoms with van der Waals surface area (Å²) in [5, 5.41) is 3.18. The molecule has 1 aliphatic rings.